The molecule has 0 unspecified atom stereocenters. The van der Waals surface area contributed by atoms with Crippen molar-refractivity contribution in [1.82, 2.24) is 10.3 Å². The Balaban J connectivity index is 1.95. The van der Waals surface area contributed by atoms with Crippen LogP contribution >= 0.6 is 11.3 Å². The van der Waals surface area contributed by atoms with Gasteiger partial charge in [0.15, 0.2) is 0 Å². The monoisotopic (exact) mass is 349 g/mol. The molecular formula is C17H20FN3O2S. The molecule has 0 spiro atoms. The summed E-state index contributed by atoms with van der Waals surface area (Å²) in [6, 6.07) is 3.88. The van der Waals surface area contributed by atoms with Crippen molar-refractivity contribution in [2.75, 3.05) is 11.9 Å². The van der Waals surface area contributed by atoms with E-state index < -0.39 is 11.7 Å². The summed E-state index contributed by atoms with van der Waals surface area (Å²) < 4.78 is 13.6. The summed E-state index contributed by atoms with van der Waals surface area (Å²) in [5, 5.41) is 6.14. The molecule has 0 radical (unpaired) electrons. The number of carbonyl (C=O) groups is 2. The molecule has 0 aliphatic heterocycles. The van der Waals surface area contributed by atoms with Crippen LogP contribution in [0.25, 0.3) is 0 Å². The number of benzene rings is 1. The van der Waals surface area contributed by atoms with Gasteiger partial charge in [0.25, 0.3) is 5.91 Å². The van der Waals surface area contributed by atoms with Crippen LogP contribution in [-0.2, 0) is 17.6 Å². The Morgan fingerprint density at radius 3 is 2.71 bits per heavy atom. The predicted molar refractivity (Wildman–Crippen MR) is 93.0 cm³/mol. The van der Waals surface area contributed by atoms with Crippen LogP contribution in [0, 0.1) is 12.7 Å². The van der Waals surface area contributed by atoms with Gasteiger partial charge in [0.2, 0.25) is 5.91 Å². The van der Waals surface area contributed by atoms with Gasteiger partial charge in [0.05, 0.1) is 16.4 Å². The maximum atomic E-state index is 13.6. The fourth-order valence-electron chi connectivity index (χ4n) is 2.26. The number of rotatable bonds is 6. The number of thiazole rings is 1. The van der Waals surface area contributed by atoms with E-state index in [1.165, 1.54) is 23.9 Å². The average molecular weight is 349 g/mol. The SMILES string of the molecule is CCc1nc(CCNC(=O)c2ccc(F)c(NC(C)=O)c2)sc1C. The van der Waals surface area contributed by atoms with E-state index in [0.29, 0.717) is 18.5 Å². The summed E-state index contributed by atoms with van der Waals surface area (Å²) in [5.74, 6) is -1.28. The molecule has 1 heterocycles. The molecule has 1 aromatic heterocycles. The number of carbonyl (C=O) groups excluding carboxylic acids is 2. The number of hydrogen-bond donors (Lipinski definition) is 2. The third-order valence-electron chi connectivity index (χ3n) is 3.44. The molecule has 0 saturated heterocycles. The summed E-state index contributed by atoms with van der Waals surface area (Å²) in [6.45, 7) is 5.84. The normalized spacial score (nSPS) is 10.5. The van der Waals surface area contributed by atoms with E-state index in [4.69, 9.17) is 0 Å². The molecule has 0 fully saturated rings. The standard InChI is InChI=1S/C17H20FN3O2S/c1-4-14-10(2)24-16(21-14)7-8-19-17(23)12-5-6-13(18)15(9-12)20-11(3)22/h5-6,9H,4,7-8H2,1-3H3,(H,19,23)(H,20,22). The topological polar surface area (TPSA) is 71.1 Å². The number of amides is 2. The summed E-state index contributed by atoms with van der Waals surface area (Å²) in [4.78, 5) is 28.9. The van der Waals surface area contributed by atoms with Crippen LogP contribution in [0.5, 0.6) is 0 Å². The zero-order chi connectivity index (χ0) is 17.7. The molecule has 0 saturated carbocycles. The molecular weight excluding hydrogens is 329 g/mol. The Bertz CT molecular complexity index is 758. The summed E-state index contributed by atoms with van der Waals surface area (Å²) in [6.07, 6.45) is 1.55. The Morgan fingerprint density at radius 2 is 2.08 bits per heavy atom. The molecule has 128 valence electrons. The van der Waals surface area contributed by atoms with Crippen LogP contribution in [0.15, 0.2) is 18.2 Å². The number of anilines is 1. The van der Waals surface area contributed by atoms with Crippen molar-refractivity contribution in [3.8, 4) is 0 Å². The van der Waals surface area contributed by atoms with Gasteiger partial charge in [-0.05, 0) is 31.5 Å². The minimum absolute atomic E-state index is 0.00159. The van der Waals surface area contributed by atoms with Crippen LogP contribution in [-0.4, -0.2) is 23.3 Å². The molecule has 7 heteroatoms. The molecule has 0 aliphatic rings. The molecule has 2 amide bonds. The van der Waals surface area contributed by atoms with E-state index in [0.717, 1.165) is 23.2 Å². The largest absolute Gasteiger partial charge is 0.352 e. The maximum absolute atomic E-state index is 13.6. The van der Waals surface area contributed by atoms with E-state index in [9.17, 15) is 14.0 Å². The van der Waals surface area contributed by atoms with Crippen LogP contribution < -0.4 is 10.6 Å². The van der Waals surface area contributed by atoms with Gasteiger partial charge in [-0.15, -0.1) is 11.3 Å². The molecule has 24 heavy (non-hydrogen) atoms. The number of nitrogens with one attached hydrogen (secondary N) is 2. The summed E-state index contributed by atoms with van der Waals surface area (Å²) >= 11 is 1.64. The quantitative estimate of drug-likeness (QED) is 0.842. The first-order chi connectivity index (χ1) is 11.4. The van der Waals surface area contributed by atoms with Gasteiger partial charge in [-0.2, -0.15) is 0 Å². The predicted octanol–water partition coefficient (Wildman–Crippen LogP) is 3.08. The summed E-state index contributed by atoms with van der Waals surface area (Å²) in [5.41, 5.74) is 1.39. The van der Waals surface area contributed by atoms with Crippen LogP contribution in [0.3, 0.4) is 0 Å². The van der Waals surface area contributed by atoms with Crippen molar-refractivity contribution >= 4 is 28.8 Å². The van der Waals surface area contributed by atoms with E-state index in [1.54, 1.807) is 11.3 Å². The number of nitrogens with zero attached hydrogens (tertiary/aromatic N) is 1. The van der Waals surface area contributed by atoms with Gasteiger partial charge >= 0.3 is 0 Å². The van der Waals surface area contributed by atoms with Gasteiger partial charge in [0, 0.05) is 30.3 Å². The molecule has 0 bridgehead atoms. The number of aromatic nitrogens is 1. The smallest absolute Gasteiger partial charge is 0.251 e. The van der Waals surface area contributed by atoms with E-state index >= 15 is 0 Å². The van der Waals surface area contributed by atoms with E-state index in [2.05, 4.69) is 22.5 Å². The first kappa shape index (κ1) is 18.1. The second kappa shape index (κ2) is 8.01. The van der Waals surface area contributed by atoms with Crippen molar-refractivity contribution in [2.45, 2.75) is 33.6 Å². The zero-order valence-electron chi connectivity index (χ0n) is 13.9. The Morgan fingerprint density at radius 1 is 1.33 bits per heavy atom. The third-order valence-corrected chi connectivity index (χ3v) is 4.51. The first-order valence-corrected chi connectivity index (χ1v) is 8.52. The highest BCUT2D eigenvalue weighted by Gasteiger charge is 2.11. The highest BCUT2D eigenvalue weighted by atomic mass is 32.1. The van der Waals surface area contributed by atoms with Crippen LogP contribution in [0.1, 0.15) is 39.8 Å². The molecule has 2 aromatic rings. The minimum Gasteiger partial charge on any atom is -0.352 e. The number of halogens is 1. The lowest BCUT2D eigenvalue weighted by Gasteiger charge is -2.08. The molecule has 2 N–H and O–H groups in total. The van der Waals surface area contributed by atoms with E-state index in [-0.39, 0.29) is 11.6 Å². The fraction of sp³-hybridized carbons (Fsp3) is 0.353. The fourth-order valence-corrected chi connectivity index (χ4v) is 3.28. The van der Waals surface area contributed by atoms with E-state index in [1.807, 2.05) is 6.92 Å². The van der Waals surface area contributed by atoms with Gasteiger partial charge in [-0.25, -0.2) is 9.37 Å². The summed E-state index contributed by atoms with van der Waals surface area (Å²) in [7, 11) is 0. The maximum Gasteiger partial charge on any atom is 0.251 e. The Hall–Kier alpha value is -2.28. The lowest BCUT2D eigenvalue weighted by molar-refractivity contribution is -0.114. The Labute approximate surface area is 144 Å². The molecule has 1 aromatic carbocycles. The lowest BCUT2D eigenvalue weighted by Crippen LogP contribution is -2.26. The van der Waals surface area contributed by atoms with Gasteiger partial charge in [0.1, 0.15) is 5.82 Å². The second-order valence-electron chi connectivity index (χ2n) is 5.35. The average Bonchev–Trinajstić information content (AvgIpc) is 2.89. The van der Waals surface area contributed by atoms with Gasteiger partial charge in [-0.1, -0.05) is 6.92 Å². The van der Waals surface area contributed by atoms with Crippen LogP contribution in [0.2, 0.25) is 0 Å². The van der Waals surface area contributed by atoms with Crippen molar-refractivity contribution in [1.29, 1.82) is 0 Å². The van der Waals surface area contributed by atoms with Crippen molar-refractivity contribution < 1.29 is 14.0 Å². The molecule has 0 atom stereocenters. The highest BCUT2D eigenvalue weighted by molar-refractivity contribution is 7.11. The Kier molecular flexibility index (Phi) is 6.03. The van der Waals surface area contributed by atoms with Crippen molar-refractivity contribution in [3.63, 3.8) is 0 Å². The van der Waals surface area contributed by atoms with Crippen molar-refractivity contribution in [3.05, 3.63) is 45.2 Å². The minimum atomic E-state index is -0.577. The lowest BCUT2D eigenvalue weighted by atomic mass is 10.1. The number of hydrogen-bond acceptors (Lipinski definition) is 4. The molecule has 5 nitrogen and oxygen atoms in total. The second-order valence-corrected chi connectivity index (χ2v) is 6.63. The zero-order valence-corrected chi connectivity index (χ0v) is 14.7. The van der Waals surface area contributed by atoms with Crippen molar-refractivity contribution in [2.24, 2.45) is 0 Å². The third kappa shape index (κ3) is 4.61. The highest BCUT2D eigenvalue weighted by Crippen LogP contribution is 2.18. The van der Waals surface area contributed by atoms with Crippen LogP contribution in [0.4, 0.5) is 10.1 Å². The molecule has 2 rings (SSSR count). The molecule has 0 aliphatic carbocycles. The number of aryl methyl sites for hydroxylation is 2. The first-order valence-electron chi connectivity index (χ1n) is 7.71. The van der Waals surface area contributed by atoms with Gasteiger partial charge in [-0.3, -0.25) is 9.59 Å². The van der Waals surface area contributed by atoms with Gasteiger partial charge < -0.3 is 10.6 Å².